The number of carbonyl (C=O) groups excluding carboxylic acids is 2. The molecular formula is C21H23FN4O3. The number of aryl methyl sites for hydroxylation is 1. The predicted molar refractivity (Wildman–Crippen MR) is 105 cm³/mol. The van der Waals surface area contributed by atoms with Crippen LogP contribution in [0.2, 0.25) is 0 Å². The smallest absolute Gasteiger partial charge is 0.287 e. The molecule has 2 amide bonds. The first-order chi connectivity index (χ1) is 13.8. The zero-order chi connectivity index (χ0) is 20.7. The van der Waals surface area contributed by atoms with Gasteiger partial charge in [0.15, 0.2) is 5.76 Å². The van der Waals surface area contributed by atoms with E-state index in [9.17, 15) is 14.0 Å². The fourth-order valence-electron chi connectivity index (χ4n) is 3.88. The van der Waals surface area contributed by atoms with E-state index >= 15 is 0 Å². The molecule has 0 spiro atoms. The Kier molecular flexibility index (Phi) is 4.86. The molecule has 1 aromatic carbocycles. The summed E-state index contributed by atoms with van der Waals surface area (Å²) in [5.41, 5.74) is 1.88. The van der Waals surface area contributed by atoms with E-state index in [1.807, 2.05) is 24.6 Å². The average molecular weight is 398 g/mol. The molecule has 2 atom stereocenters. The van der Waals surface area contributed by atoms with Gasteiger partial charge in [-0.1, -0.05) is 0 Å². The van der Waals surface area contributed by atoms with Crippen molar-refractivity contribution in [2.75, 3.05) is 0 Å². The van der Waals surface area contributed by atoms with Crippen molar-refractivity contribution in [3.05, 3.63) is 53.3 Å². The molecule has 0 saturated carbocycles. The lowest BCUT2D eigenvalue weighted by molar-refractivity contribution is -0.124. The first kappa shape index (κ1) is 19.2. The molecule has 29 heavy (non-hydrogen) atoms. The molecule has 0 bridgehead atoms. The minimum Gasteiger partial charge on any atom is -0.451 e. The molecule has 3 aromatic rings. The Morgan fingerprint density at radius 1 is 1.38 bits per heavy atom. The van der Waals surface area contributed by atoms with Gasteiger partial charge in [-0.15, -0.1) is 0 Å². The molecule has 0 unspecified atom stereocenters. The minimum absolute atomic E-state index is 0.0626. The fraction of sp³-hybridized carbons (Fsp3) is 0.381. The van der Waals surface area contributed by atoms with Crippen LogP contribution in [0.4, 0.5) is 4.39 Å². The molecule has 2 N–H and O–H groups in total. The first-order valence-electron chi connectivity index (χ1n) is 9.67. The van der Waals surface area contributed by atoms with Gasteiger partial charge in [0.05, 0.1) is 17.8 Å². The highest BCUT2D eigenvalue weighted by Gasteiger charge is 2.34. The van der Waals surface area contributed by atoms with Crippen molar-refractivity contribution in [2.24, 2.45) is 0 Å². The molecule has 1 saturated heterocycles. The number of aromatic nitrogens is 2. The van der Waals surface area contributed by atoms with Gasteiger partial charge in [0.1, 0.15) is 11.4 Å². The van der Waals surface area contributed by atoms with Crippen LogP contribution in [0.15, 0.2) is 34.9 Å². The standard InChI is InChI=1S/C21H23FN4O3/c1-11(2)26-16(8-9-23-26)19-15(5-7-18(27)25-19)24-21(28)20-12(3)14-10-13(22)4-6-17(14)29-20/h4,6,8-11,15,19H,5,7H2,1-3H3,(H,24,28)(H,25,27)/t15-,19-/m1/s1. The zero-order valence-corrected chi connectivity index (χ0v) is 16.5. The van der Waals surface area contributed by atoms with Crippen molar-refractivity contribution in [3.63, 3.8) is 0 Å². The highest BCUT2D eigenvalue weighted by atomic mass is 19.1. The summed E-state index contributed by atoms with van der Waals surface area (Å²) in [4.78, 5) is 25.0. The van der Waals surface area contributed by atoms with Crippen LogP contribution in [0.1, 0.15) is 60.6 Å². The lowest BCUT2D eigenvalue weighted by Crippen LogP contribution is -2.50. The largest absolute Gasteiger partial charge is 0.451 e. The molecule has 7 nitrogen and oxygen atoms in total. The number of hydrogen-bond donors (Lipinski definition) is 2. The average Bonchev–Trinajstić information content (AvgIpc) is 3.29. The normalized spacial score (nSPS) is 19.6. The van der Waals surface area contributed by atoms with Crippen LogP contribution in [0.5, 0.6) is 0 Å². The van der Waals surface area contributed by atoms with Crippen LogP contribution in [0.3, 0.4) is 0 Å². The summed E-state index contributed by atoms with van der Waals surface area (Å²) >= 11 is 0. The Morgan fingerprint density at radius 3 is 2.93 bits per heavy atom. The van der Waals surface area contributed by atoms with Crippen LogP contribution in [-0.2, 0) is 4.79 Å². The third-order valence-corrected chi connectivity index (χ3v) is 5.33. The molecule has 0 radical (unpaired) electrons. The number of fused-ring (bicyclic) bond motifs is 1. The minimum atomic E-state index is -0.396. The second kappa shape index (κ2) is 7.35. The van der Waals surface area contributed by atoms with Crippen molar-refractivity contribution in [1.29, 1.82) is 0 Å². The summed E-state index contributed by atoms with van der Waals surface area (Å²) < 4.78 is 21.1. The molecule has 0 aliphatic carbocycles. The number of benzene rings is 1. The van der Waals surface area contributed by atoms with Crippen molar-refractivity contribution in [1.82, 2.24) is 20.4 Å². The Hall–Kier alpha value is -3.16. The molecule has 8 heteroatoms. The zero-order valence-electron chi connectivity index (χ0n) is 16.5. The van der Waals surface area contributed by atoms with E-state index in [1.54, 1.807) is 13.1 Å². The maximum absolute atomic E-state index is 13.6. The number of nitrogens with zero attached hydrogens (tertiary/aromatic N) is 2. The van der Waals surface area contributed by atoms with Crippen LogP contribution in [0, 0.1) is 12.7 Å². The number of furan rings is 1. The van der Waals surface area contributed by atoms with Gasteiger partial charge in [-0.05, 0) is 51.5 Å². The number of halogens is 1. The summed E-state index contributed by atoms with van der Waals surface area (Å²) in [5.74, 6) is -0.683. The van der Waals surface area contributed by atoms with Crippen LogP contribution in [0.25, 0.3) is 11.0 Å². The lowest BCUT2D eigenvalue weighted by atomic mass is 9.94. The Balaban J connectivity index is 1.63. The molecule has 2 aromatic heterocycles. The quantitative estimate of drug-likeness (QED) is 0.705. The van der Waals surface area contributed by atoms with Gasteiger partial charge in [0.25, 0.3) is 5.91 Å². The van der Waals surface area contributed by atoms with Crippen molar-refractivity contribution < 1.29 is 18.4 Å². The van der Waals surface area contributed by atoms with E-state index in [0.29, 0.717) is 29.4 Å². The van der Waals surface area contributed by atoms with Crippen LogP contribution < -0.4 is 10.6 Å². The molecular weight excluding hydrogens is 375 g/mol. The van der Waals surface area contributed by atoms with Gasteiger partial charge < -0.3 is 15.1 Å². The van der Waals surface area contributed by atoms with E-state index in [2.05, 4.69) is 15.7 Å². The van der Waals surface area contributed by atoms with Gasteiger partial charge in [-0.2, -0.15) is 5.10 Å². The fourth-order valence-corrected chi connectivity index (χ4v) is 3.88. The van der Waals surface area contributed by atoms with Gasteiger partial charge in [0.2, 0.25) is 5.91 Å². The van der Waals surface area contributed by atoms with Gasteiger partial charge >= 0.3 is 0 Å². The summed E-state index contributed by atoms with van der Waals surface area (Å²) in [5, 5.41) is 10.9. The predicted octanol–water partition coefficient (Wildman–Crippen LogP) is 3.41. The van der Waals surface area contributed by atoms with Crippen molar-refractivity contribution in [2.45, 2.75) is 51.7 Å². The molecule has 1 aliphatic heterocycles. The lowest BCUT2D eigenvalue weighted by Gasteiger charge is -2.33. The Bertz CT molecular complexity index is 1080. The molecule has 152 valence electrons. The second-order valence-corrected chi connectivity index (χ2v) is 7.65. The third-order valence-electron chi connectivity index (χ3n) is 5.33. The first-order valence-corrected chi connectivity index (χ1v) is 9.67. The van der Waals surface area contributed by atoms with E-state index < -0.39 is 6.04 Å². The topological polar surface area (TPSA) is 89.2 Å². The van der Waals surface area contributed by atoms with Gasteiger partial charge in [0, 0.05) is 29.6 Å². The van der Waals surface area contributed by atoms with E-state index in [1.165, 1.54) is 18.2 Å². The van der Waals surface area contributed by atoms with E-state index in [0.717, 1.165) is 5.69 Å². The van der Waals surface area contributed by atoms with Crippen molar-refractivity contribution in [3.8, 4) is 0 Å². The number of nitrogens with one attached hydrogen (secondary N) is 2. The number of hydrogen-bond acceptors (Lipinski definition) is 4. The van der Waals surface area contributed by atoms with E-state index in [4.69, 9.17) is 4.42 Å². The summed E-state index contributed by atoms with van der Waals surface area (Å²) in [6, 6.07) is 5.42. The summed E-state index contributed by atoms with van der Waals surface area (Å²) in [7, 11) is 0. The molecule has 3 heterocycles. The third kappa shape index (κ3) is 3.50. The SMILES string of the molecule is Cc1c(C(=O)N[C@@H]2CCC(=O)N[C@H]2c2ccnn2C(C)C)oc2ccc(F)cc12. The second-order valence-electron chi connectivity index (χ2n) is 7.65. The van der Waals surface area contributed by atoms with Gasteiger partial charge in [-0.3, -0.25) is 14.3 Å². The van der Waals surface area contributed by atoms with Crippen LogP contribution >= 0.6 is 0 Å². The maximum Gasteiger partial charge on any atom is 0.287 e. The summed E-state index contributed by atoms with van der Waals surface area (Å²) in [6.45, 7) is 5.74. The number of amides is 2. The Labute approximate surface area is 167 Å². The number of carbonyl (C=O) groups is 2. The number of piperidine rings is 1. The highest BCUT2D eigenvalue weighted by molar-refractivity contribution is 5.99. The molecule has 4 rings (SSSR count). The van der Waals surface area contributed by atoms with Crippen molar-refractivity contribution >= 4 is 22.8 Å². The Morgan fingerprint density at radius 2 is 2.17 bits per heavy atom. The van der Waals surface area contributed by atoms with Crippen LogP contribution in [-0.4, -0.2) is 27.6 Å². The van der Waals surface area contributed by atoms with Gasteiger partial charge in [-0.25, -0.2) is 4.39 Å². The maximum atomic E-state index is 13.6. The van der Waals surface area contributed by atoms with E-state index in [-0.39, 0.29) is 35.5 Å². The molecule has 1 fully saturated rings. The monoisotopic (exact) mass is 398 g/mol. The molecule has 1 aliphatic rings. The number of rotatable bonds is 4. The highest BCUT2D eigenvalue weighted by Crippen LogP contribution is 2.29. The summed E-state index contributed by atoms with van der Waals surface area (Å²) in [6.07, 6.45) is 2.51.